The molecule has 3 aromatic rings. The summed E-state index contributed by atoms with van der Waals surface area (Å²) in [4.78, 5) is 25.4. The summed E-state index contributed by atoms with van der Waals surface area (Å²) in [6, 6.07) is 14.6. The van der Waals surface area contributed by atoms with E-state index >= 15 is 0 Å². The van der Waals surface area contributed by atoms with Crippen molar-refractivity contribution in [2.45, 2.75) is 0 Å². The van der Waals surface area contributed by atoms with Crippen LogP contribution in [0, 0.1) is 0 Å². The van der Waals surface area contributed by atoms with E-state index in [1.54, 1.807) is 30.3 Å². The third-order valence-electron chi connectivity index (χ3n) is 4.94. The van der Waals surface area contributed by atoms with Gasteiger partial charge >= 0.3 is 5.97 Å². The van der Waals surface area contributed by atoms with Crippen LogP contribution in [0.15, 0.2) is 60.4 Å². The summed E-state index contributed by atoms with van der Waals surface area (Å²) >= 11 is 6.17. The molecule has 0 unspecified atom stereocenters. The molecule has 0 aromatic heterocycles. The molecule has 168 valence electrons. The maximum atomic E-state index is 12.7. The van der Waals surface area contributed by atoms with E-state index in [1.165, 1.54) is 45.6 Å². The summed E-state index contributed by atoms with van der Waals surface area (Å²) in [5.41, 5.74) is 1.21. The Morgan fingerprint density at radius 1 is 0.939 bits per heavy atom. The second kappa shape index (κ2) is 9.26. The zero-order valence-corrected chi connectivity index (χ0v) is 18.8. The van der Waals surface area contributed by atoms with Gasteiger partial charge in [0.05, 0.1) is 32.5 Å². The van der Waals surface area contributed by atoms with E-state index in [1.807, 2.05) is 6.07 Å². The lowest BCUT2D eigenvalue weighted by atomic mass is 10.1. The van der Waals surface area contributed by atoms with Crippen molar-refractivity contribution < 1.29 is 33.3 Å². The fraction of sp³-hybridized carbons (Fsp3) is 0.120. The molecule has 0 radical (unpaired) electrons. The molecule has 1 aliphatic heterocycles. The van der Waals surface area contributed by atoms with Crippen LogP contribution in [0.1, 0.15) is 26.3 Å². The van der Waals surface area contributed by atoms with Crippen molar-refractivity contribution in [2.24, 2.45) is 0 Å². The Hall–Kier alpha value is -3.97. The minimum atomic E-state index is -0.648. The molecule has 0 bridgehead atoms. The van der Waals surface area contributed by atoms with Gasteiger partial charge in [0.25, 0.3) is 0 Å². The largest absolute Gasteiger partial charge is 0.493 e. The smallest absolute Gasteiger partial charge is 0.343 e. The van der Waals surface area contributed by atoms with Crippen molar-refractivity contribution in [1.29, 1.82) is 0 Å². The number of benzene rings is 3. The molecule has 0 fully saturated rings. The summed E-state index contributed by atoms with van der Waals surface area (Å²) in [7, 11) is 4.38. The van der Waals surface area contributed by atoms with Crippen LogP contribution in [-0.2, 0) is 0 Å². The molecule has 1 heterocycles. The molecule has 8 heteroatoms. The third-order valence-corrected chi connectivity index (χ3v) is 5.29. The average molecular weight is 467 g/mol. The van der Waals surface area contributed by atoms with Gasteiger partial charge in [0.1, 0.15) is 11.5 Å². The summed E-state index contributed by atoms with van der Waals surface area (Å²) in [5, 5.41) is 0.498. The SMILES string of the molecule is COc1cc(C(=O)Oc2ccc3c(c2)O/C(=C\c2ccccc2Cl)C3=O)cc(OC)c1OC. The lowest BCUT2D eigenvalue weighted by Crippen LogP contribution is -2.09. The highest BCUT2D eigenvalue weighted by atomic mass is 35.5. The van der Waals surface area contributed by atoms with Gasteiger partial charge in [-0.2, -0.15) is 0 Å². The first-order chi connectivity index (χ1) is 15.9. The molecular formula is C25H19ClO7. The Bertz CT molecular complexity index is 1250. The highest BCUT2D eigenvalue weighted by Crippen LogP contribution is 2.39. The molecule has 0 atom stereocenters. The first-order valence-electron chi connectivity index (χ1n) is 9.80. The summed E-state index contributed by atoms with van der Waals surface area (Å²) in [6.07, 6.45) is 1.58. The van der Waals surface area contributed by atoms with Crippen LogP contribution >= 0.6 is 11.6 Å². The van der Waals surface area contributed by atoms with E-state index in [9.17, 15) is 9.59 Å². The number of halogens is 1. The minimum Gasteiger partial charge on any atom is -0.493 e. The van der Waals surface area contributed by atoms with Crippen LogP contribution < -0.4 is 23.7 Å². The normalized spacial score (nSPS) is 13.3. The minimum absolute atomic E-state index is 0.131. The fourth-order valence-corrected chi connectivity index (χ4v) is 3.52. The van der Waals surface area contributed by atoms with Gasteiger partial charge in [-0.1, -0.05) is 29.8 Å². The highest BCUT2D eigenvalue weighted by molar-refractivity contribution is 6.32. The Balaban J connectivity index is 1.58. The topological polar surface area (TPSA) is 80.3 Å². The van der Waals surface area contributed by atoms with Crippen molar-refractivity contribution >= 4 is 29.4 Å². The second-order valence-corrected chi connectivity index (χ2v) is 7.33. The number of carbonyl (C=O) groups excluding carboxylic acids is 2. The number of Topliss-reactive ketones (excluding diaryl/α,β-unsaturated/α-hetero) is 1. The van der Waals surface area contributed by atoms with E-state index < -0.39 is 5.97 Å². The lowest BCUT2D eigenvalue weighted by Gasteiger charge is -2.13. The van der Waals surface area contributed by atoms with Crippen LogP contribution in [0.4, 0.5) is 0 Å². The molecule has 0 saturated carbocycles. The Morgan fingerprint density at radius 3 is 2.27 bits per heavy atom. The van der Waals surface area contributed by atoms with Gasteiger partial charge in [-0.3, -0.25) is 4.79 Å². The lowest BCUT2D eigenvalue weighted by molar-refractivity contribution is 0.0733. The zero-order valence-electron chi connectivity index (χ0n) is 18.0. The van der Waals surface area contributed by atoms with Gasteiger partial charge in [-0.15, -0.1) is 0 Å². The standard InChI is InChI=1S/C25H19ClO7/c1-29-21-11-15(12-22(30-2)24(21)31-3)25(28)32-16-8-9-17-19(13-16)33-20(23(17)27)10-14-6-4-5-7-18(14)26/h4-13H,1-3H3/b20-10-. The van der Waals surface area contributed by atoms with Gasteiger partial charge < -0.3 is 23.7 Å². The molecule has 1 aliphatic rings. The first-order valence-corrected chi connectivity index (χ1v) is 10.2. The van der Waals surface area contributed by atoms with Crippen LogP contribution in [0.3, 0.4) is 0 Å². The maximum Gasteiger partial charge on any atom is 0.343 e. The van der Waals surface area contributed by atoms with Gasteiger partial charge in [0, 0.05) is 11.1 Å². The Morgan fingerprint density at radius 2 is 1.64 bits per heavy atom. The molecule has 0 aliphatic carbocycles. The van der Waals surface area contributed by atoms with Gasteiger partial charge in [-0.25, -0.2) is 4.79 Å². The molecular weight excluding hydrogens is 448 g/mol. The van der Waals surface area contributed by atoms with Gasteiger partial charge in [-0.05, 0) is 42.0 Å². The summed E-state index contributed by atoms with van der Waals surface area (Å²) < 4.78 is 27.0. The number of hydrogen-bond donors (Lipinski definition) is 0. The maximum absolute atomic E-state index is 12.7. The molecule has 0 spiro atoms. The van der Waals surface area contributed by atoms with Crippen LogP contribution in [-0.4, -0.2) is 33.1 Å². The number of carbonyl (C=O) groups is 2. The third kappa shape index (κ3) is 4.36. The van der Waals surface area contributed by atoms with E-state index in [0.717, 1.165) is 0 Å². The van der Waals surface area contributed by atoms with Crippen molar-refractivity contribution in [2.75, 3.05) is 21.3 Å². The Kier molecular flexibility index (Phi) is 6.24. The first kappa shape index (κ1) is 22.2. The van der Waals surface area contributed by atoms with Crippen LogP contribution in [0.2, 0.25) is 5.02 Å². The second-order valence-electron chi connectivity index (χ2n) is 6.92. The van der Waals surface area contributed by atoms with Crippen molar-refractivity contribution in [3.63, 3.8) is 0 Å². The fourth-order valence-electron chi connectivity index (χ4n) is 3.33. The number of esters is 1. The van der Waals surface area contributed by atoms with Crippen LogP contribution in [0.5, 0.6) is 28.7 Å². The monoisotopic (exact) mass is 466 g/mol. The number of ether oxygens (including phenoxy) is 5. The van der Waals surface area contributed by atoms with Crippen molar-refractivity contribution in [1.82, 2.24) is 0 Å². The number of fused-ring (bicyclic) bond motifs is 1. The summed E-state index contributed by atoms with van der Waals surface area (Å²) in [6.45, 7) is 0. The van der Waals surface area contributed by atoms with E-state index in [-0.39, 0.29) is 28.6 Å². The molecule has 3 aromatic carbocycles. The predicted molar refractivity (Wildman–Crippen MR) is 122 cm³/mol. The highest BCUT2D eigenvalue weighted by Gasteiger charge is 2.28. The number of rotatable bonds is 6. The quantitative estimate of drug-likeness (QED) is 0.280. The zero-order chi connectivity index (χ0) is 23.5. The van der Waals surface area contributed by atoms with E-state index in [0.29, 0.717) is 33.4 Å². The molecule has 4 rings (SSSR count). The molecule has 7 nitrogen and oxygen atoms in total. The number of methoxy groups -OCH3 is 3. The van der Waals surface area contributed by atoms with Crippen molar-refractivity contribution in [3.8, 4) is 28.7 Å². The van der Waals surface area contributed by atoms with E-state index in [2.05, 4.69) is 0 Å². The van der Waals surface area contributed by atoms with Crippen molar-refractivity contribution in [3.05, 3.63) is 82.1 Å². The molecule has 33 heavy (non-hydrogen) atoms. The number of ketones is 1. The average Bonchev–Trinajstić information content (AvgIpc) is 3.13. The van der Waals surface area contributed by atoms with E-state index in [4.69, 9.17) is 35.3 Å². The predicted octanol–water partition coefficient (Wildman–Crippen LogP) is 5.20. The molecule has 0 saturated heterocycles. The van der Waals surface area contributed by atoms with Gasteiger partial charge in [0.15, 0.2) is 17.3 Å². The number of allylic oxidation sites excluding steroid dienone is 1. The molecule has 0 N–H and O–H groups in total. The number of hydrogen-bond acceptors (Lipinski definition) is 7. The molecule has 0 amide bonds. The Labute approximate surface area is 195 Å². The van der Waals surface area contributed by atoms with Gasteiger partial charge in [0.2, 0.25) is 11.5 Å². The summed E-state index contributed by atoms with van der Waals surface area (Å²) in [5.74, 6) is 0.692. The van der Waals surface area contributed by atoms with Crippen LogP contribution in [0.25, 0.3) is 6.08 Å².